The molecule has 9 nitrogen and oxygen atoms in total. The number of hydrogen-bond donors (Lipinski definition) is 2. The Bertz CT molecular complexity index is 1250. The molecule has 1 heterocycles. The molecule has 0 fully saturated rings. The third-order valence-corrected chi connectivity index (χ3v) is 5.64. The van der Waals surface area contributed by atoms with Crippen molar-refractivity contribution in [2.24, 2.45) is 5.14 Å². The summed E-state index contributed by atoms with van der Waals surface area (Å²) in [5.41, 5.74) is 1.03. The smallest absolute Gasteiger partial charge is 0.261 e. The molecule has 0 bridgehead atoms. The van der Waals surface area contributed by atoms with Crippen LogP contribution in [0.15, 0.2) is 47.6 Å². The van der Waals surface area contributed by atoms with E-state index >= 15 is 0 Å². The number of primary sulfonamides is 1. The lowest BCUT2D eigenvalue weighted by Crippen LogP contribution is -2.14. The molecular formula is C22H24FN3O6S. The second kappa shape index (κ2) is 10.1. The summed E-state index contributed by atoms with van der Waals surface area (Å²) in [6.45, 7) is 3.45. The van der Waals surface area contributed by atoms with E-state index in [1.165, 1.54) is 25.3 Å². The quantitative estimate of drug-likeness (QED) is 0.480. The van der Waals surface area contributed by atoms with Gasteiger partial charge < -0.3 is 19.3 Å². The fourth-order valence-electron chi connectivity index (χ4n) is 3.07. The van der Waals surface area contributed by atoms with Crippen molar-refractivity contribution < 1.29 is 32.1 Å². The van der Waals surface area contributed by atoms with Gasteiger partial charge in [0, 0.05) is 11.6 Å². The molecule has 11 heteroatoms. The molecule has 0 radical (unpaired) electrons. The minimum atomic E-state index is -4.14. The van der Waals surface area contributed by atoms with Gasteiger partial charge in [0.15, 0.2) is 11.5 Å². The largest absolute Gasteiger partial charge is 0.493 e. The van der Waals surface area contributed by atoms with Crippen molar-refractivity contribution in [1.29, 1.82) is 0 Å². The van der Waals surface area contributed by atoms with Crippen LogP contribution < -0.4 is 19.3 Å². The highest BCUT2D eigenvalue weighted by molar-refractivity contribution is 7.89. The van der Waals surface area contributed by atoms with Gasteiger partial charge in [-0.15, -0.1) is 0 Å². The van der Waals surface area contributed by atoms with E-state index in [4.69, 9.17) is 19.3 Å². The molecule has 1 aromatic heterocycles. The zero-order chi connectivity index (χ0) is 24.2. The van der Waals surface area contributed by atoms with Crippen molar-refractivity contribution in [2.45, 2.75) is 24.7 Å². The van der Waals surface area contributed by atoms with Gasteiger partial charge in [-0.25, -0.2) is 22.9 Å². The predicted octanol–water partition coefficient (Wildman–Crippen LogP) is 3.23. The first-order chi connectivity index (χ1) is 15.7. The molecule has 0 saturated carbocycles. The summed E-state index contributed by atoms with van der Waals surface area (Å²) in [7, 11) is -2.76. The van der Waals surface area contributed by atoms with Gasteiger partial charge in [-0.1, -0.05) is 19.9 Å². The minimum absolute atomic E-state index is 0.0143. The minimum Gasteiger partial charge on any atom is -0.493 e. The van der Waals surface area contributed by atoms with Gasteiger partial charge in [0.05, 0.1) is 18.6 Å². The van der Waals surface area contributed by atoms with Gasteiger partial charge in [0.25, 0.3) is 5.88 Å². The van der Waals surface area contributed by atoms with Crippen LogP contribution >= 0.6 is 0 Å². The average molecular weight is 478 g/mol. The molecular weight excluding hydrogens is 453 g/mol. The first-order valence-corrected chi connectivity index (χ1v) is 11.5. The second-order valence-electron chi connectivity index (χ2n) is 7.28. The van der Waals surface area contributed by atoms with Crippen LogP contribution in [0.1, 0.15) is 25.3 Å². The van der Waals surface area contributed by atoms with Crippen molar-refractivity contribution in [1.82, 2.24) is 9.97 Å². The van der Waals surface area contributed by atoms with Gasteiger partial charge >= 0.3 is 0 Å². The topological polar surface area (TPSA) is 134 Å². The second-order valence-corrected chi connectivity index (χ2v) is 8.81. The van der Waals surface area contributed by atoms with E-state index in [0.29, 0.717) is 0 Å². The van der Waals surface area contributed by atoms with E-state index in [1.807, 2.05) is 13.8 Å². The number of benzene rings is 2. The number of rotatable bonds is 9. The molecule has 0 aliphatic rings. The number of sulfonamides is 1. The van der Waals surface area contributed by atoms with Gasteiger partial charge in [-0.3, -0.25) is 0 Å². The molecule has 0 saturated heterocycles. The Morgan fingerprint density at radius 1 is 1.12 bits per heavy atom. The highest BCUT2D eigenvalue weighted by Gasteiger charge is 2.25. The number of hydrogen-bond acceptors (Lipinski definition) is 8. The lowest BCUT2D eigenvalue weighted by atomic mass is 9.99. The summed E-state index contributed by atoms with van der Waals surface area (Å²) in [6, 6.07) is 8.35. The van der Waals surface area contributed by atoms with E-state index in [1.54, 1.807) is 12.1 Å². The molecule has 176 valence electrons. The maximum absolute atomic E-state index is 13.9. The molecule has 0 aliphatic heterocycles. The lowest BCUT2D eigenvalue weighted by Gasteiger charge is -2.18. The molecule has 3 aromatic rings. The van der Waals surface area contributed by atoms with E-state index in [-0.39, 0.29) is 58.4 Å². The summed E-state index contributed by atoms with van der Waals surface area (Å²) in [5.74, 6) is -0.509. The summed E-state index contributed by atoms with van der Waals surface area (Å²) in [5, 5.41) is 14.6. The van der Waals surface area contributed by atoms with Crippen LogP contribution in [0, 0.1) is 5.82 Å². The van der Waals surface area contributed by atoms with E-state index in [2.05, 4.69) is 9.97 Å². The Morgan fingerprint density at radius 3 is 2.52 bits per heavy atom. The van der Waals surface area contributed by atoms with Gasteiger partial charge in [0.2, 0.25) is 15.8 Å². The van der Waals surface area contributed by atoms with Crippen molar-refractivity contribution in [3.63, 3.8) is 0 Å². The highest BCUT2D eigenvalue weighted by Crippen LogP contribution is 2.43. The van der Waals surface area contributed by atoms with Gasteiger partial charge in [0.1, 0.15) is 24.4 Å². The third-order valence-electron chi connectivity index (χ3n) is 4.67. The van der Waals surface area contributed by atoms with Crippen molar-refractivity contribution >= 4 is 10.0 Å². The number of halogens is 1. The van der Waals surface area contributed by atoms with Gasteiger partial charge in [-0.2, -0.15) is 4.98 Å². The summed E-state index contributed by atoms with van der Waals surface area (Å²) < 4.78 is 55.3. The van der Waals surface area contributed by atoms with Crippen LogP contribution in [0.4, 0.5) is 4.39 Å². The molecule has 0 unspecified atom stereocenters. The zero-order valence-corrected chi connectivity index (χ0v) is 19.1. The predicted molar refractivity (Wildman–Crippen MR) is 119 cm³/mol. The van der Waals surface area contributed by atoms with Crippen LogP contribution in [0.25, 0.3) is 11.3 Å². The zero-order valence-electron chi connectivity index (χ0n) is 18.3. The summed E-state index contributed by atoms with van der Waals surface area (Å²) >= 11 is 0. The molecule has 0 spiro atoms. The normalized spacial score (nSPS) is 11.5. The third kappa shape index (κ3) is 5.56. The Morgan fingerprint density at radius 2 is 1.88 bits per heavy atom. The number of aliphatic hydroxyl groups excluding tert-OH is 1. The summed E-state index contributed by atoms with van der Waals surface area (Å²) in [4.78, 5) is 8.09. The maximum Gasteiger partial charge on any atom is 0.261 e. The first-order valence-electron chi connectivity index (χ1n) is 9.92. The van der Waals surface area contributed by atoms with Crippen molar-refractivity contribution in [3.8, 4) is 34.4 Å². The van der Waals surface area contributed by atoms with E-state index < -0.39 is 15.8 Å². The Kier molecular flexibility index (Phi) is 7.46. The maximum atomic E-state index is 13.9. The van der Waals surface area contributed by atoms with Crippen LogP contribution in [-0.2, 0) is 10.0 Å². The number of nitrogens with two attached hydrogens (primary N) is 1. The van der Waals surface area contributed by atoms with E-state index in [0.717, 1.165) is 18.0 Å². The number of nitrogens with zero attached hydrogens (tertiary/aromatic N) is 2. The number of ether oxygens (including phenoxy) is 3. The number of aromatic nitrogens is 2. The molecule has 2 aromatic carbocycles. The molecule has 0 aliphatic carbocycles. The van der Waals surface area contributed by atoms with E-state index in [9.17, 15) is 17.9 Å². The molecule has 3 N–H and O–H groups in total. The highest BCUT2D eigenvalue weighted by atomic mass is 32.2. The number of methoxy groups -OCH3 is 1. The van der Waals surface area contributed by atoms with Gasteiger partial charge in [-0.05, 0) is 35.7 Å². The summed E-state index contributed by atoms with van der Waals surface area (Å²) in [6.07, 6.45) is 1.16. The average Bonchev–Trinajstić information content (AvgIpc) is 2.77. The van der Waals surface area contributed by atoms with Crippen LogP contribution in [0.5, 0.6) is 23.1 Å². The Labute approximate surface area is 191 Å². The first kappa shape index (κ1) is 24.4. The van der Waals surface area contributed by atoms with Crippen molar-refractivity contribution in [2.75, 3.05) is 20.3 Å². The molecule has 33 heavy (non-hydrogen) atoms. The number of aliphatic hydroxyl groups is 1. The Balaban J connectivity index is 2.30. The Hall–Kier alpha value is -3.28. The fourth-order valence-corrected chi connectivity index (χ4v) is 3.79. The standard InChI is InChI=1S/C22H24FN3O6S/c1-13(2)14-4-7-19(33(24,28)29)16(10-14)20-21(22(26-12-25-20)31-9-8-27)32-18-11-15(23)5-6-17(18)30-3/h4-7,10-13,27H,8-9H2,1-3H3,(H2,24,28,29). The molecule has 0 amide bonds. The van der Waals surface area contributed by atoms with Crippen LogP contribution in [0.2, 0.25) is 0 Å². The fraction of sp³-hybridized carbons (Fsp3) is 0.273. The SMILES string of the molecule is COc1ccc(F)cc1Oc1c(OCCO)ncnc1-c1cc(C(C)C)ccc1S(N)(=O)=O. The van der Waals surface area contributed by atoms with Crippen LogP contribution in [0.3, 0.4) is 0 Å². The molecule has 3 rings (SSSR count). The monoisotopic (exact) mass is 477 g/mol. The van der Waals surface area contributed by atoms with Crippen LogP contribution in [-0.4, -0.2) is 43.8 Å². The van der Waals surface area contributed by atoms with Crippen molar-refractivity contribution in [3.05, 3.63) is 54.1 Å². The molecule has 0 atom stereocenters. The lowest BCUT2D eigenvalue weighted by molar-refractivity contribution is 0.192.